The van der Waals surface area contributed by atoms with Gasteiger partial charge in [-0.3, -0.25) is 9.69 Å². The van der Waals surface area contributed by atoms with Crippen molar-refractivity contribution in [2.75, 3.05) is 82.0 Å². The number of rotatable bonds is 10. The summed E-state index contributed by atoms with van der Waals surface area (Å²) in [6.07, 6.45) is 3.15. The highest BCUT2D eigenvalue weighted by molar-refractivity contribution is 5.95. The van der Waals surface area contributed by atoms with Crippen LogP contribution in [0, 0.1) is 0 Å². The zero-order chi connectivity index (χ0) is 29.6. The van der Waals surface area contributed by atoms with E-state index in [1.807, 2.05) is 30.5 Å². The summed E-state index contributed by atoms with van der Waals surface area (Å²) < 4.78 is 39.3. The lowest BCUT2D eigenvalue weighted by Crippen LogP contribution is -2.45. The second-order valence-electron chi connectivity index (χ2n) is 11.1. The molecule has 9 nitrogen and oxygen atoms in total. The summed E-state index contributed by atoms with van der Waals surface area (Å²) in [5.41, 5.74) is 2.77. The molecule has 0 saturated carbocycles. The number of anilines is 2. The zero-order valence-corrected chi connectivity index (χ0v) is 24.3. The standard InChI is InChI=1S/C32H38F2N6O3/c33-30(34)25-21-24-5-1-2-6-26(24)29(22-25)40-10-7-27-28(23-40)35-32(43-18-4-9-38-15-19-42-20-16-38)36-31(27)39-13-11-37(12-14-39)8-3-17-41/h1-3,5-6,8,17,21-22,30H,4,7,9-16,18-20,23H2. The molecule has 3 aliphatic rings. The molecule has 3 aliphatic heterocycles. The Kier molecular flexibility index (Phi) is 9.28. The van der Waals surface area contributed by atoms with E-state index in [1.165, 1.54) is 6.08 Å². The highest BCUT2D eigenvalue weighted by Crippen LogP contribution is 2.37. The topological polar surface area (TPSA) is 74.3 Å². The average molecular weight is 593 g/mol. The van der Waals surface area contributed by atoms with E-state index in [0.29, 0.717) is 32.1 Å². The van der Waals surface area contributed by atoms with Gasteiger partial charge < -0.3 is 24.2 Å². The van der Waals surface area contributed by atoms with Gasteiger partial charge in [-0.1, -0.05) is 24.3 Å². The van der Waals surface area contributed by atoms with Crippen LogP contribution < -0.4 is 14.5 Å². The molecule has 0 radical (unpaired) electrons. The second-order valence-corrected chi connectivity index (χ2v) is 11.1. The first kappa shape index (κ1) is 29.3. The minimum atomic E-state index is -2.55. The first-order chi connectivity index (χ1) is 21.1. The Morgan fingerprint density at radius 1 is 0.977 bits per heavy atom. The number of benzene rings is 2. The molecule has 0 N–H and O–H groups in total. The molecule has 11 heteroatoms. The molecule has 4 heterocycles. The first-order valence-electron chi connectivity index (χ1n) is 15.1. The van der Waals surface area contributed by atoms with E-state index in [1.54, 1.807) is 12.1 Å². The Hall–Kier alpha value is -3.83. The van der Waals surface area contributed by atoms with Crippen molar-refractivity contribution in [2.45, 2.75) is 25.8 Å². The molecule has 0 aliphatic carbocycles. The smallest absolute Gasteiger partial charge is 0.318 e. The van der Waals surface area contributed by atoms with Crippen molar-refractivity contribution < 1.29 is 23.0 Å². The number of piperazine rings is 1. The van der Waals surface area contributed by atoms with Crippen molar-refractivity contribution in [3.63, 3.8) is 0 Å². The van der Waals surface area contributed by atoms with Crippen LogP contribution in [0.25, 0.3) is 10.8 Å². The van der Waals surface area contributed by atoms with Gasteiger partial charge >= 0.3 is 6.01 Å². The van der Waals surface area contributed by atoms with E-state index < -0.39 is 6.43 Å². The quantitative estimate of drug-likeness (QED) is 0.197. The van der Waals surface area contributed by atoms with Gasteiger partial charge in [-0.05, 0) is 36.4 Å². The van der Waals surface area contributed by atoms with Crippen molar-refractivity contribution in [1.82, 2.24) is 19.8 Å². The molecule has 2 fully saturated rings. The maximum absolute atomic E-state index is 13.9. The number of alkyl halides is 2. The summed E-state index contributed by atoms with van der Waals surface area (Å²) in [6.45, 7) is 9.05. The second kappa shape index (κ2) is 13.6. The van der Waals surface area contributed by atoms with Gasteiger partial charge in [0.1, 0.15) is 12.1 Å². The van der Waals surface area contributed by atoms with Crippen molar-refractivity contribution in [3.05, 3.63) is 65.5 Å². The first-order valence-corrected chi connectivity index (χ1v) is 15.1. The molecule has 0 amide bonds. The molecule has 0 atom stereocenters. The summed E-state index contributed by atoms with van der Waals surface area (Å²) in [5, 5.41) is 1.75. The maximum Gasteiger partial charge on any atom is 0.318 e. The molecule has 0 bridgehead atoms. The van der Waals surface area contributed by atoms with E-state index in [4.69, 9.17) is 19.4 Å². The number of hydrogen-bond acceptors (Lipinski definition) is 9. The van der Waals surface area contributed by atoms with Gasteiger partial charge in [-0.25, -0.2) is 8.78 Å². The fraction of sp³-hybridized carbons (Fsp3) is 0.469. The van der Waals surface area contributed by atoms with Crippen LogP contribution >= 0.6 is 0 Å². The number of aldehydes is 1. The third kappa shape index (κ3) is 6.88. The van der Waals surface area contributed by atoms with E-state index in [2.05, 4.69) is 19.6 Å². The molecule has 43 heavy (non-hydrogen) atoms. The van der Waals surface area contributed by atoms with E-state index in [-0.39, 0.29) is 5.56 Å². The lowest BCUT2D eigenvalue weighted by atomic mass is 10.00. The maximum atomic E-state index is 13.9. The van der Waals surface area contributed by atoms with Crippen LogP contribution in [0.1, 0.15) is 29.7 Å². The summed E-state index contributed by atoms with van der Waals surface area (Å²) in [4.78, 5) is 29.5. The predicted molar refractivity (Wildman–Crippen MR) is 162 cm³/mol. The largest absolute Gasteiger partial charge is 0.463 e. The number of carbonyl (C=O) groups is 1. The number of ether oxygens (including phenoxy) is 2. The lowest BCUT2D eigenvalue weighted by molar-refractivity contribution is -0.104. The van der Waals surface area contributed by atoms with E-state index in [9.17, 15) is 13.6 Å². The zero-order valence-electron chi connectivity index (χ0n) is 24.3. The SMILES string of the molecule is O=CC=CN1CCN(c2nc(OCCCN3CCOCC3)nc3c2CCN(c2cc(C(F)F)cc4ccccc24)C3)CC1. The van der Waals surface area contributed by atoms with E-state index >= 15 is 0 Å². The van der Waals surface area contributed by atoms with Crippen LogP contribution in [0.3, 0.4) is 0 Å². The van der Waals surface area contributed by atoms with Crippen molar-refractivity contribution in [2.24, 2.45) is 0 Å². The number of carbonyl (C=O) groups excluding carboxylic acids is 1. The van der Waals surface area contributed by atoms with Crippen LogP contribution in [0.4, 0.5) is 20.3 Å². The highest BCUT2D eigenvalue weighted by Gasteiger charge is 2.28. The van der Waals surface area contributed by atoms with Crippen LogP contribution in [0.5, 0.6) is 6.01 Å². The van der Waals surface area contributed by atoms with Gasteiger partial charge in [0.05, 0.1) is 32.1 Å². The minimum Gasteiger partial charge on any atom is -0.463 e. The van der Waals surface area contributed by atoms with Crippen LogP contribution in [-0.4, -0.2) is 98.2 Å². The molecule has 6 rings (SSSR count). The van der Waals surface area contributed by atoms with Gasteiger partial charge in [-0.2, -0.15) is 9.97 Å². The summed E-state index contributed by atoms with van der Waals surface area (Å²) >= 11 is 0. The van der Waals surface area contributed by atoms with Crippen molar-refractivity contribution >= 4 is 28.6 Å². The predicted octanol–water partition coefficient (Wildman–Crippen LogP) is 4.07. The van der Waals surface area contributed by atoms with Gasteiger partial charge in [0, 0.05) is 80.8 Å². The molecule has 228 valence electrons. The van der Waals surface area contributed by atoms with Gasteiger partial charge in [-0.15, -0.1) is 0 Å². The Morgan fingerprint density at radius 2 is 1.79 bits per heavy atom. The number of morpholine rings is 1. The molecule has 2 aromatic carbocycles. The summed E-state index contributed by atoms with van der Waals surface area (Å²) in [7, 11) is 0. The van der Waals surface area contributed by atoms with Gasteiger partial charge in [0.2, 0.25) is 0 Å². The normalized spacial score (nSPS) is 18.1. The summed E-state index contributed by atoms with van der Waals surface area (Å²) in [6, 6.07) is 11.2. The average Bonchev–Trinajstić information content (AvgIpc) is 3.05. The Bertz CT molecular complexity index is 1440. The van der Waals surface area contributed by atoms with Crippen molar-refractivity contribution in [3.8, 4) is 6.01 Å². The van der Waals surface area contributed by atoms with Crippen LogP contribution in [0.15, 0.2) is 48.7 Å². The van der Waals surface area contributed by atoms with Crippen LogP contribution in [0.2, 0.25) is 0 Å². The number of hydrogen-bond donors (Lipinski definition) is 0. The van der Waals surface area contributed by atoms with Crippen LogP contribution in [-0.2, 0) is 22.5 Å². The summed E-state index contributed by atoms with van der Waals surface area (Å²) in [5.74, 6) is 0.887. The molecule has 0 spiro atoms. The Balaban J connectivity index is 1.25. The van der Waals surface area contributed by atoms with Gasteiger partial charge in [0.15, 0.2) is 0 Å². The van der Waals surface area contributed by atoms with E-state index in [0.717, 1.165) is 105 Å². The molecule has 3 aromatic rings. The molecule has 2 saturated heterocycles. The highest BCUT2D eigenvalue weighted by atomic mass is 19.3. The molecule has 1 aromatic heterocycles. The fourth-order valence-corrected chi connectivity index (χ4v) is 6.14. The molecular formula is C32H38F2N6O3. The number of aromatic nitrogens is 2. The third-order valence-electron chi connectivity index (χ3n) is 8.42. The van der Waals surface area contributed by atoms with Gasteiger partial charge in [0.25, 0.3) is 6.43 Å². The minimum absolute atomic E-state index is 0.0219. The Morgan fingerprint density at radius 3 is 2.58 bits per heavy atom. The van der Waals surface area contributed by atoms with Crippen molar-refractivity contribution in [1.29, 1.82) is 0 Å². The fourth-order valence-electron chi connectivity index (χ4n) is 6.14. The molecule has 0 unspecified atom stereocenters. The number of halogens is 2. The number of allylic oxidation sites excluding steroid dienone is 1. The molecular weight excluding hydrogens is 554 g/mol. The number of nitrogens with zero attached hydrogens (tertiary/aromatic N) is 6. The lowest BCUT2D eigenvalue weighted by Gasteiger charge is -2.38. The number of fused-ring (bicyclic) bond motifs is 2. The monoisotopic (exact) mass is 592 g/mol. The third-order valence-corrected chi connectivity index (χ3v) is 8.42. The Labute approximate surface area is 250 Å².